The number of nitriles is 1. The quantitative estimate of drug-likeness (QED) is 0.822. The lowest BCUT2D eigenvalue weighted by atomic mass is 10.0. The molecule has 1 amide bonds. The van der Waals surface area contributed by atoms with Crippen molar-refractivity contribution in [1.82, 2.24) is 5.32 Å². The van der Waals surface area contributed by atoms with Gasteiger partial charge < -0.3 is 9.73 Å². The first-order chi connectivity index (χ1) is 8.17. The zero-order valence-corrected chi connectivity index (χ0v) is 10.3. The van der Waals surface area contributed by atoms with Crippen molar-refractivity contribution in [3.8, 4) is 6.07 Å². The topological polar surface area (TPSA) is 66.0 Å². The Bertz CT molecular complexity index is 379. The number of carbonyl (C=O) groups is 1. The molecule has 0 spiro atoms. The molecule has 4 heteroatoms. The molecule has 0 aliphatic rings. The van der Waals surface area contributed by atoms with Crippen molar-refractivity contribution in [3.05, 3.63) is 24.2 Å². The fourth-order valence-electron chi connectivity index (χ4n) is 1.48. The van der Waals surface area contributed by atoms with Crippen molar-refractivity contribution < 1.29 is 9.21 Å². The van der Waals surface area contributed by atoms with E-state index >= 15 is 0 Å². The van der Waals surface area contributed by atoms with Crippen LogP contribution in [0.15, 0.2) is 22.8 Å². The van der Waals surface area contributed by atoms with Gasteiger partial charge in [-0.05, 0) is 31.9 Å². The van der Waals surface area contributed by atoms with Crippen LogP contribution in [0.3, 0.4) is 0 Å². The fraction of sp³-hybridized carbons (Fsp3) is 0.538. The first kappa shape index (κ1) is 13.3. The maximum absolute atomic E-state index is 11.6. The molecule has 4 nitrogen and oxygen atoms in total. The largest absolute Gasteiger partial charge is 0.468 e. The van der Waals surface area contributed by atoms with Crippen LogP contribution in [0, 0.1) is 11.3 Å². The van der Waals surface area contributed by atoms with Gasteiger partial charge in [0, 0.05) is 12.5 Å². The Morgan fingerprint density at radius 3 is 2.94 bits per heavy atom. The second-order valence-corrected chi connectivity index (χ2v) is 4.11. The monoisotopic (exact) mass is 234 g/mol. The second-order valence-electron chi connectivity index (χ2n) is 4.11. The number of nitrogens with zero attached hydrogens (tertiary/aromatic N) is 1. The minimum Gasteiger partial charge on any atom is -0.468 e. The Labute approximate surface area is 102 Å². The zero-order chi connectivity index (χ0) is 12.7. The summed E-state index contributed by atoms with van der Waals surface area (Å²) in [4.78, 5) is 11.6. The Morgan fingerprint density at radius 2 is 2.41 bits per heavy atom. The smallest absolute Gasteiger partial charge is 0.220 e. The van der Waals surface area contributed by atoms with Crippen LogP contribution < -0.4 is 5.32 Å². The van der Waals surface area contributed by atoms with E-state index in [4.69, 9.17) is 9.68 Å². The highest BCUT2D eigenvalue weighted by molar-refractivity contribution is 5.76. The first-order valence-electron chi connectivity index (χ1n) is 5.89. The molecule has 92 valence electrons. The lowest BCUT2D eigenvalue weighted by Gasteiger charge is -2.12. The maximum Gasteiger partial charge on any atom is 0.220 e. The van der Waals surface area contributed by atoms with E-state index in [1.165, 1.54) is 0 Å². The summed E-state index contributed by atoms with van der Waals surface area (Å²) in [5.74, 6) is 0.280. The molecule has 0 saturated carbocycles. The summed E-state index contributed by atoms with van der Waals surface area (Å²) in [5.41, 5.74) is 0. The average molecular weight is 234 g/mol. The van der Waals surface area contributed by atoms with Crippen LogP contribution in [0.2, 0.25) is 0 Å². The van der Waals surface area contributed by atoms with Gasteiger partial charge in [-0.1, -0.05) is 6.92 Å². The molecule has 0 aliphatic carbocycles. The summed E-state index contributed by atoms with van der Waals surface area (Å²) in [7, 11) is 0. The van der Waals surface area contributed by atoms with Gasteiger partial charge in [0.2, 0.25) is 5.91 Å². The third-order valence-corrected chi connectivity index (χ3v) is 2.72. The number of carbonyl (C=O) groups excluding carboxylic acids is 1. The molecule has 1 heterocycles. The molecule has 17 heavy (non-hydrogen) atoms. The lowest BCUT2D eigenvalue weighted by molar-refractivity contribution is -0.121. The summed E-state index contributed by atoms with van der Waals surface area (Å²) in [6, 6.07) is 5.85. The molecule has 2 unspecified atom stereocenters. The van der Waals surface area contributed by atoms with Crippen molar-refractivity contribution in [1.29, 1.82) is 5.26 Å². The number of hydrogen-bond acceptors (Lipinski definition) is 3. The van der Waals surface area contributed by atoms with Crippen molar-refractivity contribution in [3.63, 3.8) is 0 Å². The first-order valence-corrected chi connectivity index (χ1v) is 5.89. The molecule has 0 aliphatic heterocycles. The van der Waals surface area contributed by atoms with Crippen LogP contribution in [-0.4, -0.2) is 11.9 Å². The van der Waals surface area contributed by atoms with Gasteiger partial charge in [0.05, 0.1) is 12.3 Å². The normalized spacial score (nSPS) is 13.7. The summed E-state index contributed by atoms with van der Waals surface area (Å²) < 4.78 is 5.17. The Morgan fingerprint density at radius 1 is 1.65 bits per heavy atom. The van der Waals surface area contributed by atoms with Gasteiger partial charge >= 0.3 is 0 Å². The van der Waals surface area contributed by atoms with Crippen LogP contribution in [0.5, 0.6) is 0 Å². The number of furan rings is 1. The van der Waals surface area contributed by atoms with Crippen LogP contribution in [0.1, 0.15) is 44.8 Å². The van der Waals surface area contributed by atoms with Gasteiger partial charge in [0.25, 0.3) is 0 Å². The fourth-order valence-corrected chi connectivity index (χ4v) is 1.48. The maximum atomic E-state index is 11.6. The van der Waals surface area contributed by atoms with Gasteiger partial charge in [-0.15, -0.1) is 0 Å². The molecule has 0 radical (unpaired) electrons. The van der Waals surface area contributed by atoms with E-state index < -0.39 is 0 Å². The van der Waals surface area contributed by atoms with Gasteiger partial charge in [0.15, 0.2) is 0 Å². The number of rotatable bonds is 6. The highest BCUT2D eigenvalue weighted by atomic mass is 16.3. The van der Waals surface area contributed by atoms with E-state index in [-0.39, 0.29) is 17.9 Å². The Kier molecular flexibility index (Phi) is 5.28. The van der Waals surface area contributed by atoms with Crippen LogP contribution in [-0.2, 0) is 4.79 Å². The predicted molar refractivity (Wildman–Crippen MR) is 64.2 cm³/mol. The average Bonchev–Trinajstić information content (AvgIpc) is 2.83. The van der Waals surface area contributed by atoms with Gasteiger partial charge in [-0.25, -0.2) is 0 Å². The molecular formula is C13H18N2O2. The standard InChI is InChI=1S/C13H18N2O2/c1-3-10(2)15-13(16)7-6-11(9-14)12-5-4-8-17-12/h4-5,8,10-11H,3,6-7H2,1-2H3,(H,15,16). The van der Waals surface area contributed by atoms with E-state index in [0.29, 0.717) is 18.6 Å². The van der Waals surface area contributed by atoms with Crippen LogP contribution in [0.4, 0.5) is 0 Å². The molecule has 1 aromatic heterocycles. The number of amides is 1. The molecule has 0 saturated heterocycles. The van der Waals surface area contributed by atoms with Crippen molar-refractivity contribution in [2.45, 2.75) is 45.1 Å². The van der Waals surface area contributed by atoms with E-state index in [1.807, 2.05) is 13.8 Å². The Balaban J connectivity index is 2.39. The molecule has 0 fully saturated rings. The van der Waals surface area contributed by atoms with Gasteiger partial charge in [0.1, 0.15) is 11.7 Å². The molecule has 0 aromatic carbocycles. The van der Waals surface area contributed by atoms with E-state index in [2.05, 4.69) is 11.4 Å². The van der Waals surface area contributed by atoms with E-state index in [0.717, 1.165) is 6.42 Å². The third-order valence-electron chi connectivity index (χ3n) is 2.72. The van der Waals surface area contributed by atoms with Gasteiger partial charge in [-0.2, -0.15) is 5.26 Å². The minimum absolute atomic E-state index is 0.00819. The molecule has 1 N–H and O–H groups in total. The zero-order valence-electron chi connectivity index (χ0n) is 10.3. The second kappa shape index (κ2) is 6.74. The van der Waals surface area contributed by atoms with Crippen molar-refractivity contribution in [2.75, 3.05) is 0 Å². The molecule has 2 atom stereocenters. The van der Waals surface area contributed by atoms with Gasteiger partial charge in [-0.3, -0.25) is 4.79 Å². The molecular weight excluding hydrogens is 216 g/mol. The number of hydrogen-bond donors (Lipinski definition) is 1. The SMILES string of the molecule is CCC(C)NC(=O)CCC(C#N)c1ccco1. The predicted octanol–water partition coefficient (Wildman–Crippen LogP) is 2.58. The molecule has 0 bridgehead atoms. The molecule has 1 aromatic rings. The molecule has 1 rings (SSSR count). The highest BCUT2D eigenvalue weighted by Gasteiger charge is 2.15. The Hall–Kier alpha value is -1.76. The van der Waals surface area contributed by atoms with Crippen molar-refractivity contribution >= 4 is 5.91 Å². The summed E-state index contributed by atoms with van der Waals surface area (Å²) in [5, 5.41) is 11.9. The lowest BCUT2D eigenvalue weighted by Crippen LogP contribution is -2.31. The third kappa shape index (κ3) is 4.31. The summed E-state index contributed by atoms with van der Waals surface area (Å²) >= 11 is 0. The highest BCUT2D eigenvalue weighted by Crippen LogP contribution is 2.20. The minimum atomic E-state index is -0.340. The van der Waals surface area contributed by atoms with Crippen LogP contribution in [0.25, 0.3) is 0 Å². The van der Waals surface area contributed by atoms with E-state index in [1.54, 1.807) is 18.4 Å². The summed E-state index contributed by atoms with van der Waals surface area (Å²) in [6.45, 7) is 3.98. The number of nitrogens with one attached hydrogen (secondary N) is 1. The summed E-state index contributed by atoms with van der Waals surface area (Å²) in [6.07, 6.45) is 3.29. The van der Waals surface area contributed by atoms with E-state index in [9.17, 15) is 4.79 Å². The van der Waals surface area contributed by atoms with Crippen LogP contribution >= 0.6 is 0 Å². The van der Waals surface area contributed by atoms with Crippen molar-refractivity contribution in [2.24, 2.45) is 0 Å².